The van der Waals surface area contributed by atoms with Gasteiger partial charge in [-0.3, -0.25) is 0 Å². The molecular weight excluding hydrogens is 503 g/mol. The van der Waals surface area contributed by atoms with Gasteiger partial charge in [0.25, 0.3) is 0 Å². The molecule has 0 radical (unpaired) electrons. The Morgan fingerprint density at radius 1 is 1.14 bits per heavy atom. The number of hydrogen-bond donors (Lipinski definition) is 2. The smallest absolute Gasteiger partial charge is 0.243 e. The van der Waals surface area contributed by atoms with Crippen LogP contribution in [0.4, 0.5) is 0 Å². The Morgan fingerprint density at radius 3 is 2.48 bits per heavy atom. The van der Waals surface area contributed by atoms with E-state index in [2.05, 4.69) is 15.6 Å². The summed E-state index contributed by atoms with van der Waals surface area (Å²) in [6.07, 6.45) is 4.32. The lowest BCUT2D eigenvalue weighted by Gasteiger charge is -2.15. The second-order valence-corrected chi connectivity index (χ2v) is 8.64. The number of guanidine groups is 1. The average Bonchev–Trinajstić information content (AvgIpc) is 3.41. The molecule has 0 unspecified atom stereocenters. The van der Waals surface area contributed by atoms with Crippen LogP contribution < -0.4 is 10.6 Å². The third-order valence-corrected chi connectivity index (χ3v) is 6.55. The van der Waals surface area contributed by atoms with E-state index in [0.717, 1.165) is 43.1 Å². The lowest BCUT2D eigenvalue weighted by molar-refractivity contribution is 0.477. The van der Waals surface area contributed by atoms with Gasteiger partial charge in [0.1, 0.15) is 5.76 Å². The topological polar surface area (TPSA) is 86.9 Å². The minimum atomic E-state index is -3.36. The van der Waals surface area contributed by atoms with Crippen LogP contribution in [0.2, 0.25) is 0 Å². The third kappa shape index (κ3) is 6.71. The van der Waals surface area contributed by atoms with Crippen LogP contribution in [0.25, 0.3) is 0 Å². The van der Waals surface area contributed by atoms with Crippen LogP contribution in [0.15, 0.2) is 57.0 Å². The molecule has 0 amide bonds. The van der Waals surface area contributed by atoms with Crippen LogP contribution in [-0.2, 0) is 23.0 Å². The number of furan rings is 1. The van der Waals surface area contributed by atoms with Crippen LogP contribution in [0.1, 0.15) is 31.1 Å². The molecule has 9 heteroatoms. The van der Waals surface area contributed by atoms with Crippen molar-refractivity contribution in [1.82, 2.24) is 14.9 Å². The molecule has 1 aliphatic rings. The zero-order chi connectivity index (χ0) is 19.8. The van der Waals surface area contributed by atoms with E-state index in [4.69, 9.17) is 4.42 Å². The maximum atomic E-state index is 12.6. The van der Waals surface area contributed by atoms with E-state index in [0.29, 0.717) is 31.1 Å². The van der Waals surface area contributed by atoms with Crippen LogP contribution in [0.3, 0.4) is 0 Å². The van der Waals surface area contributed by atoms with E-state index in [1.807, 2.05) is 31.2 Å². The molecule has 29 heavy (non-hydrogen) atoms. The lowest BCUT2D eigenvalue weighted by Crippen LogP contribution is -2.38. The van der Waals surface area contributed by atoms with Gasteiger partial charge in [-0.1, -0.05) is 12.1 Å². The summed E-state index contributed by atoms with van der Waals surface area (Å²) in [5, 5.41) is 6.49. The Kier molecular flexibility index (Phi) is 9.44. The predicted molar refractivity (Wildman–Crippen MR) is 125 cm³/mol. The van der Waals surface area contributed by atoms with Gasteiger partial charge in [-0.25, -0.2) is 13.4 Å². The van der Waals surface area contributed by atoms with Gasteiger partial charge < -0.3 is 15.1 Å². The summed E-state index contributed by atoms with van der Waals surface area (Å²) in [5.74, 6) is 1.65. The molecule has 1 aromatic heterocycles. The molecule has 0 spiro atoms. The van der Waals surface area contributed by atoms with Crippen molar-refractivity contribution >= 4 is 40.0 Å². The molecule has 0 atom stereocenters. The quantitative estimate of drug-likeness (QED) is 0.310. The second kappa shape index (κ2) is 11.6. The van der Waals surface area contributed by atoms with Crippen molar-refractivity contribution in [1.29, 1.82) is 0 Å². The summed E-state index contributed by atoms with van der Waals surface area (Å²) in [6.45, 7) is 5.20. The number of benzene rings is 1. The lowest BCUT2D eigenvalue weighted by atomic mass is 10.2. The number of hydrogen-bond acceptors (Lipinski definition) is 4. The average molecular weight is 532 g/mol. The fourth-order valence-corrected chi connectivity index (χ4v) is 4.63. The van der Waals surface area contributed by atoms with E-state index < -0.39 is 10.0 Å². The Hall–Kier alpha value is -1.59. The molecule has 2 heterocycles. The van der Waals surface area contributed by atoms with E-state index >= 15 is 0 Å². The van der Waals surface area contributed by atoms with Crippen molar-refractivity contribution in [3.8, 4) is 0 Å². The Morgan fingerprint density at radius 2 is 1.86 bits per heavy atom. The van der Waals surface area contributed by atoms with Crippen molar-refractivity contribution in [2.75, 3.05) is 26.2 Å². The first-order valence-corrected chi connectivity index (χ1v) is 11.2. The van der Waals surface area contributed by atoms with Crippen LogP contribution in [-0.4, -0.2) is 44.9 Å². The van der Waals surface area contributed by atoms with Gasteiger partial charge >= 0.3 is 0 Å². The molecule has 0 aliphatic carbocycles. The highest BCUT2D eigenvalue weighted by Gasteiger charge is 2.26. The summed E-state index contributed by atoms with van der Waals surface area (Å²) in [6, 6.07) is 10.8. The monoisotopic (exact) mass is 532 g/mol. The SMILES string of the molecule is CCNC(=NCc1ccc(S(=O)(=O)N2CCCC2)cc1)NCCc1ccco1.I. The first kappa shape index (κ1) is 23.7. The number of nitrogens with one attached hydrogen (secondary N) is 2. The highest BCUT2D eigenvalue weighted by molar-refractivity contribution is 14.0. The zero-order valence-electron chi connectivity index (χ0n) is 16.6. The van der Waals surface area contributed by atoms with Crippen LogP contribution >= 0.6 is 24.0 Å². The molecule has 2 aromatic rings. The molecule has 7 nitrogen and oxygen atoms in total. The summed E-state index contributed by atoms with van der Waals surface area (Å²) in [5.41, 5.74) is 0.962. The first-order valence-electron chi connectivity index (χ1n) is 9.73. The van der Waals surface area contributed by atoms with Crippen molar-refractivity contribution in [2.24, 2.45) is 4.99 Å². The highest BCUT2D eigenvalue weighted by Crippen LogP contribution is 2.21. The van der Waals surface area contributed by atoms with E-state index in [1.165, 1.54) is 0 Å². The normalized spacial score (nSPS) is 15.1. The number of halogens is 1. The van der Waals surface area contributed by atoms with Gasteiger partial charge in [0.2, 0.25) is 10.0 Å². The Labute approximate surface area is 190 Å². The van der Waals surface area contributed by atoms with E-state index in [9.17, 15) is 8.42 Å². The van der Waals surface area contributed by atoms with Gasteiger partial charge in [-0.15, -0.1) is 24.0 Å². The van der Waals surface area contributed by atoms with E-state index in [1.54, 1.807) is 22.7 Å². The maximum absolute atomic E-state index is 12.6. The molecule has 1 aliphatic heterocycles. The molecule has 1 saturated heterocycles. The molecule has 3 rings (SSSR count). The largest absolute Gasteiger partial charge is 0.469 e. The molecule has 1 fully saturated rings. The van der Waals surface area contributed by atoms with Gasteiger partial charge in [-0.05, 0) is 49.6 Å². The number of sulfonamides is 1. The van der Waals surface area contributed by atoms with E-state index in [-0.39, 0.29) is 24.0 Å². The molecular formula is C20H29IN4O3S. The third-order valence-electron chi connectivity index (χ3n) is 4.63. The van der Waals surface area contributed by atoms with Crippen molar-refractivity contribution in [2.45, 2.75) is 37.6 Å². The number of aliphatic imine (C=N–C) groups is 1. The highest BCUT2D eigenvalue weighted by atomic mass is 127. The summed E-state index contributed by atoms with van der Waals surface area (Å²) < 4.78 is 32.1. The Bertz CT molecular complexity index is 862. The minimum Gasteiger partial charge on any atom is -0.469 e. The van der Waals surface area contributed by atoms with Gasteiger partial charge in [0, 0.05) is 32.6 Å². The van der Waals surface area contributed by atoms with Crippen LogP contribution in [0.5, 0.6) is 0 Å². The number of nitrogens with zero attached hydrogens (tertiary/aromatic N) is 2. The molecule has 0 saturated carbocycles. The van der Waals surface area contributed by atoms with Crippen molar-refractivity contribution in [3.63, 3.8) is 0 Å². The molecule has 0 bridgehead atoms. The second-order valence-electron chi connectivity index (χ2n) is 6.71. The summed E-state index contributed by atoms with van der Waals surface area (Å²) >= 11 is 0. The molecule has 1 aromatic carbocycles. The minimum absolute atomic E-state index is 0. The maximum Gasteiger partial charge on any atom is 0.243 e. The van der Waals surface area contributed by atoms with Gasteiger partial charge in [-0.2, -0.15) is 4.31 Å². The fraction of sp³-hybridized carbons (Fsp3) is 0.450. The Balaban J connectivity index is 0.00000300. The van der Waals surface area contributed by atoms with Gasteiger partial charge in [0.05, 0.1) is 17.7 Å². The van der Waals surface area contributed by atoms with Crippen LogP contribution in [0, 0.1) is 0 Å². The van der Waals surface area contributed by atoms with Crippen molar-refractivity contribution < 1.29 is 12.8 Å². The fourth-order valence-electron chi connectivity index (χ4n) is 3.12. The standard InChI is InChI=1S/C20H28N4O3S.HI/c1-2-21-20(22-12-11-18-6-5-15-27-18)23-16-17-7-9-19(10-8-17)28(25,26)24-13-3-4-14-24;/h5-10,15H,2-4,11-14,16H2,1H3,(H2,21,22,23);1H. The molecule has 160 valence electrons. The first-order chi connectivity index (χ1) is 13.6. The number of rotatable bonds is 8. The summed E-state index contributed by atoms with van der Waals surface area (Å²) in [7, 11) is -3.36. The van der Waals surface area contributed by atoms with Crippen molar-refractivity contribution in [3.05, 3.63) is 54.0 Å². The zero-order valence-corrected chi connectivity index (χ0v) is 19.8. The summed E-state index contributed by atoms with van der Waals surface area (Å²) in [4.78, 5) is 4.93. The molecule has 2 N–H and O–H groups in total. The van der Waals surface area contributed by atoms with Gasteiger partial charge in [0.15, 0.2) is 5.96 Å². The predicted octanol–water partition coefficient (Wildman–Crippen LogP) is 2.98.